The molecule has 1 aliphatic rings. The van der Waals surface area contributed by atoms with Gasteiger partial charge in [-0.3, -0.25) is 9.69 Å². The van der Waals surface area contributed by atoms with Crippen LogP contribution in [0.15, 0.2) is 28.7 Å². The van der Waals surface area contributed by atoms with Crippen LogP contribution >= 0.6 is 15.9 Å². The predicted octanol–water partition coefficient (Wildman–Crippen LogP) is 1.53. The molecule has 17 heavy (non-hydrogen) atoms. The van der Waals surface area contributed by atoms with E-state index in [9.17, 15) is 4.79 Å². The molecule has 1 aromatic carbocycles. The highest BCUT2D eigenvalue weighted by molar-refractivity contribution is 9.10. The van der Waals surface area contributed by atoms with Gasteiger partial charge >= 0.3 is 0 Å². The lowest BCUT2D eigenvalue weighted by Gasteiger charge is -2.34. The average molecular weight is 299 g/mol. The van der Waals surface area contributed by atoms with Crippen LogP contribution in [-0.4, -0.2) is 37.6 Å². The lowest BCUT2D eigenvalue weighted by molar-refractivity contribution is -0.112. The predicted molar refractivity (Wildman–Crippen MR) is 68.5 cm³/mol. The monoisotopic (exact) mass is 298 g/mol. The minimum absolute atomic E-state index is 0.0751. The second kappa shape index (κ2) is 6.14. The molecule has 1 N–H and O–H groups in total. The average Bonchev–Trinajstić information content (AvgIpc) is 2.37. The van der Waals surface area contributed by atoms with E-state index in [1.54, 1.807) is 0 Å². The van der Waals surface area contributed by atoms with E-state index in [0.29, 0.717) is 13.2 Å². The second-order valence-corrected chi connectivity index (χ2v) is 4.81. The van der Waals surface area contributed by atoms with Gasteiger partial charge in [-0.2, -0.15) is 0 Å². The number of rotatable bonds is 4. The first-order chi connectivity index (χ1) is 8.31. The van der Waals surface area contributed by atoms with E-state index >= 15 is 0 Å². The summed E-state index contributed by atoms with van der Waals surface area (Å²) in [4.78, 5) is 12.9. The summed E-state index contributed by atoms with van der Waals surface area (Å²) in [5.41, 5.74) is 1.08. The smallest absolute Gasteiger partial charge is 0.208 e. The number of hydrogen-bond donors (Lipinski definition) is 1. The number of ether oxygens (including phenoxy) is 1. The Labute approximate surface area is 109 Å². The van der Waals surface area contributed by atoms with Gasteiger partial charge in [0, 0.05) is 17.6 Å². The molecule has 1 unspecified atom stereocenters. The SMILES string of the molecule is O=CNC(c1cccc(Br)c1)N1CCOCC1. The third kappa shape index (κ3) is 3.28. The van der Waals surface area contributed by atoms with Crippen LogP contribution < -0.4 is 5.32 Å². The minimum Gasteiger partial charge on any atom is -0.379 e. The molecule has 4 nitrogen and oxygen atoms in total. The van der Waals surface area contributed by atoms with E-state index in [1.807, 2.05) is 24.3 Å². The molecular weight excluding hydrogens is 284 g/mol. The van der Waals surface area contributed by atoms with Crippen LogP contribution in [0.4, 0.5) is 0 Å². The third-order valence-electron chi connectivity index (χ3n) is 2.80. The Bertz CT molecular complexity index is 381. The van der Waals surface area contributed by atoms with Gasteiger partial charge in [0.05, 0.1) is 13.2 Å². The first-order valence-electron chi connectivity index (χ1n) is 5.58. The highest BCUT2D eigenvalue weighted by Gasteiger charge is 2.21. The summed E-state index contributed by atoms with van der Waals surface area (Å²) >= 11 is 3.45. The molecule has 0 spiro atoms. The number of morpholine rings is 1. The van der Waals surface area contributed by atoms with Crippen molar-refractivity contribution in [2.24, 2.45) is 0 Å². The molecule has 1 atom stereocenters. The van der Waals surface area contributed by atoms with Crippen molar-refractivity contribution in [1.29, 1.82) is 0 Å². The summed E-state index contributed by atoms with van der Waals surface area (Å²) in [7, 11) is 0. The zero-order chi connectivity index (χ0) is 12.1. The molecule has 1 fully saturated rings. The van der Waals surface area contributed by atoms with Crippen molar-refractivity contribution in [3.63, 3.8) is 0 Å². The minimum atomic E-state index is -0.0751. The lowest BCUT2D eigenvalue weighted by atomic mass is 10.1. The standard InChI is InChI=1S/C12H15BrN2O2/c13-11-3-1-2-10(8-11)12(14-9-16)15-4-6-17-7-5-15/h1-3,8-9,12H,4-7H2,(H,14,16). The fraction of sp³-hybridized carbons (Fsp3) is 0.417. The van der Waals surface area contributed by atoms with Crippen molar-refractivity contribution in [2.45, 2.75) is 6.17 Å². The van der Waals surface area contributed by atoms with E-state index in [-0.39, 0.29) is 6.17 Å². The summed E-state index contributed by atoms with van der Waals surface area (Å²) < 4.78 is 6.34. The van der Waals surface area contributed by atoms with Gasteiger partial charge in [0.25, 0.3) is 0 Å². The summed E-state index contributed by atoms with van der Waals surface area (Å²) in [5.74, 6) is 0. The normalized spacial score (nSPS) is 18.6. The summed E-state index contributed by atoms with van der Waals surface area (Å²) in [6.45, 7) is 3.09. The number of carbonyl (C=O) groups is 1. The molecule has 0 aliphatic carbocycles. The molecule has 0 radical (unpaired) electrons. The van der Waals surface area contributed by atoms with Crippen molar-refractivity contribution in [1.82, 2.24) is 10.2 Å². The molecule has 1 aromatic rings. The zero-order valence-corrected chi connectivity index (χ0v) is 11.0. The maximum absolute atomic E-state index is 10.7. The van der Waals surface area contributed by atoms with Gasteiger partial charge in [-0.25, -0.2) is 0 Å². The molecular formula is C12H15BrN2O2. The molecule has 1 amide bonds. The Balaban J connectivity index is 2.18. The molecule has 2 rings (SSSR count). The number of amides is 1. The van der Waals surface area contributed by atoms with Gasteiger partial charge in [0.1, 0.15) is 6.17 Å². The Morgan fingerprint density at radius 1 is 1.41 bits per heavy atom. The van der Waals surface area contributed by atoms with Crippen molar-refractivity contribution >= 4 is 22.3 Å². The molecule has 5 heteroatoms. The van der Waals surface area contributed by atoms with E-state index in [1.165, 1.54) is 0 Å². The van der Waals surface area contributed by atoms with Gasteiger partial charge in [-0.1, -0.05) is 28.1 Å². The van der Waals surface area contributed by atoms with E-state index in [0.717, 1.165) is 29.5 Å². The lowest BCUT2D eigenvalue weighted by Crippen LogP contribution is -2.44. The first kappa shape index (κ1) is 12.5. The Morgan fingerprint density at radius 2 is 2.18 bits per heavy atom. The van der Waals surface area contributed by atoms with Gasteiger partial charge in [-0.05, 0) is 17.7 Å². The maximum atomic E-state index is 10.7. The number of benzene rings is 1. The van der Waals surface area contributed by atoms with Gasteiger partial charge in [0.2, 0.25) is 6.41 Å². The molecule has 0 aromatic heterocycles. The maximum Gasteiger partial charge on any atom is 0.208 e. The van der Waals surface area contributed by atoms with E-state index in [4.69, 9.17) is 4.74 Å². The number of hydrogen-bond acceptors (Lipinski definition) is 3. The van der Waals surface area contributed by atoms with Crippen molar-refractivity contribution in [2.75, 3.05) is 26.3 Å². The number of nitrogens with zero attached hydrogens (tertiary/aromatic N) is 1. The largest absolute Gasteiger partial charge is 0.379 e. The topological polar surface area (TPSA) is 41.6 Å². The van der Waals surface area contributed by atoms with Crippen LogP contribution in [-0.2, 0) is 9.53 Å². The van der Waals surface area contributed by atoms with Gasteiger partial charge in [-0.15, -0.1) is 0 Å². The molecule has 1 heterocycles. The molecule has 1 saturated heterocycles. The van der Waals surface area contributed by atoms with E-state index in [2.05, 4.69) is 26.1 Å². The quantitative estimate of drug-likeness (QED) is 0.857. The van der Waals surface area contributed by atoms with Gasteiger partial charge < -0.3 is 10.1 Å². The van der Waals surface area contributed by atoms with Crippen LogP contribution in [0.2, 0.25) is 0 Å². The number of halogens is 1. The molecule has 0 saturated carbocycles. The fourth-order valence-electron chi connectivity index (χ4n) is 1.99. The van der Waals surface area contributed by atoms with Crippen molar-refractivity contribution in [3.05, 3.63) is 34.3 Å². The van der Waals surface area contributed by atoms with Crippen LogP contribution in [0, 0.1) is 0 Å². The highest BCUT2D eigenvalue weighted by Crippen LogP contribution is 2.21. The van der Waals surface area contributed by atoms with Crippen LogP contribution in [0.3, 0.4) is 0 Å². The fourth-order valence-corrected chi connectivity index (χ4v) is 2.41. The number of nitrogens with one attached hydrogen (secondary N) is 1. The van der Waals surface area contributed by atoms with Crippen LogP contribution in [0.5, 0.6) is 0 Å². The van der Waals surface area contributed by atoms with Crippen LogP contribution in [0.25, 0.3) is 0 Å². The first-order valence-corrected chi connectivity index (χ1v) is 6.37. The zero-order valence-electron chi connectivity index (χ0n) is 9.43. The Hall–Kier alpha value is -0.910. The summed E-state index contributed by atoms with van der Waals surface area (Å²) in [6.07, 6.45) is 0.676. The highest BCUT2D eigenvalue weighted by atomic mass is 79.9. The van der Waals surface area contributed by atoms with Crippen molar-refractivity contribution in [3.8, 4) is 0 Å². The third-order valence-corrected chi connectivity index (χ3v) is 3.29. The van der Waals surface area contributed by atoms with Crippen molar-refractivity contribution < 1.29 is 9.53 Å². The molecule has 0 bridgehead atoms. The van der Waals surface area contributed by atoms with Crippen LogP contribution in [0.1, 0.15) is 11.7 Å². The second-order valence-electron chi connectivity index (χ2n) is 3.89. The summed E-state index contributed by atoms with van der Waals surface area (Å²) in [6, 6.07) is 7.98. The molecule has 1 aliphatic heterocycles. The Kier molecular flexibility index (Phi) is 4.53. The number of carbonyl (C=O) groups excluding carboxylic acids is 1. The Morgan fingerprint density at radius 3 is 2.82 bits per heavy atom. The van der Waals surface area contributed by atoms with Gasteiger partial charge in [0.15, 0.2) is 0 Å². The molecule has 92 valence electrons. The summed E-state index contributed by atoms with van der Waals surface area (Å²) in [5, 5.41) is 2.86. The van der Waals surface area contributed by atoms with E-state index < -0.39 is 0 Å².